The zero-order valence-corrected chi connectivity index (χ0v) is 11.5. The molecule has 0 aliphatic rings. The average molecular weight is 308 g/mol. The number of rotatable bonds is 5. The number of carbonyl (C=O) groups is 2. The first-order valence-electron chi connectivity index (χ1n) is 5.79. The fourth-order valence-corrected chi connectivity index (χ4v) is 1.79. The van der Waals surface area contributed by atoms with Crippen LogP contribution in [0.4, 0.5) is 18.9 Å². The number of hydrogen-bond acceptors (Lipinski definition) is 2. The van der Waals surface area contributed by atoms with Crippen molar-refractivity contribution in [3.63, 3.8) is 0 Å². The largest absolute Gasteiger partial charge is 0.471 e. The van der Waals surface area contributed by atoms with Crippen LogP contribution in [0.3, 0.4) is 0 Å². The minimum absolute atomic E-state index is 0.136. The molecule has 0 bridgehead atoms. The molecule has 1 aromatic carbocycles. The molecule has 0 radical (unpaired) electrons. The number of benzene rings is 1. The van der Waals surface area contributed by atoms with Gasteiger partial charge >= 0.3 is 12.1 Å². The van der Waals surface area contributed by atoms with Gasteiger partial charge in [-0.05, 0) is 18.6 Å². The van der Waals surface area contributed by atoms with Crippen molar-refractivity contribution in [1.82, 2.24) is 0 Å². The van der Waals surface area contributed by atoms with E-state index < -0.39 is 17.9 Å². The van der Waals surface area contributed by atoms with E-state index in [0.29, 0.717) is 10.5 Å². The lowest BCUT2D eigenvalue weighted by Gasteiger charge is -2.25. The minimum atomic E-state index is -4.99. The van der Waals surface area contributed by atoms with Gasteiger partial charge in [-0.3, -0.25) is 9.59 Å². The Bertz CT molecular complexity index is 503. The third-order valence-electron chi connectivity index (χ3n) is 2.66. The van der Waals surface area contributed by atoms with Crippen LogP contribution in [0.25, 0.3) is 0 Å². The number of amides is 1. The van der Waals surface area contributed by atoms with Crippen molar-refractivity contribution in [1.29, 1.82) is 0 Å². The lowest BCUT2D eigenvalue weighted by Crippen LogP contribution is -2.42. The average Bonchev–Trinajstić information content (AvgIpc) is 2.39. The zero-order valence-electron chi connectivity index (χ0n) is 10.7. The lowest BCUT2D eigenvalue weighted by atomic mass is 10.1. The van der Waals surface area contributed by atoms with E-state index in [1.807, 2.05) is 0 Å². The van der Waals surface area contributed by atoms with E-state index in [-0.39, 0.29) is 24.5 Å². The molecule has 0 fully saturated rings. The van der Waals surface area contributed by atoms with Crippen LogP contribution in [-0.2, 0) is 9.59 Å². The summed E-state index contributed by atoms with van der Waals surface area (Å²) in [5.74, 6) is -2.70. The molecule has 7 heteroatoms. The fraction of sp³-hybridized carbons (Fsp3) is 0.385. The summed E-state index contributed by atoms with van der Waals surface area (Å²) in [7, 11) is 0. The van der Waals surface area contributed by atoms with Gasteiger partial charge in [-0.25, -0.2) is 0 Å². The van der Waals surface area contributed by atoms with E-state index in [9.17, 15) is 22.8 Å². The van der Waals surface area contributed by atoms with Crippen molar-refractivity contribution in [3.05, 3.63) is 29.8 Å². The van der Waals surface area contributed by atoms with Gasteiger partial charge in [0.05, 0.1) is 5.88 Å². The van der Waals surface area contributed by atoms with Crippen LogP contribution in [0.2, 0.25) is 0 Å². The molecule has 0 aliphatic carbocycles. The summed E-state index contributed by atoms with van der Waals surface area (Å²) in [6, 6.07) is 6.18. The molecule has 1 amide bonds. The fourth-order valence-electron chi connectivity index (χ4n) is 1.65. The number of anilines is 1. The summed E-state index contributed by atoms with van der Waals surface area (Å²) >= 11 is 5.31. The molecule has 0 aliphatic heterocycles. The summed E-state index contributed by atoms with van der Waals surface area (Å²) in [4.78, 5) is 23.2. The van der Waals surface area contributed by atoms with Crippen molar-refractivity contribution in [2.24, 2.45) is 0 Å². The Morgan fingerprint density at radius 2 is 1.85 bits per heavy atom. The van der Waals surface area contributed by atoms with Gasteiger partial charge in [0.15, 0.2) is 0 Å². The van der Waals surface area contributed by atoms with E-state index >= 15 is 0 Å². The lowest BCUT2D eigenvalue weighted by molar-refractivity contribution is -0.170. The SMILES string of the molecule is Cc1ccccc1N(CCC(=O)CCl)C(=O)C(F)(F)F. The monoisotopic (exact) mass is 307 g/mol. The maximum absolute atomic E-state index is 12.6. The molecule has 110 valence electrons. The first-order valence-corrected chi connectivity index (χ1v) is 6.32. The molecular formula is C13H13ClF3NO2. The van der Waals surface area contributed by atoms with Gasteiger partial charge < -0.3 is 4.90 Å². The molecule has 0 heterocycles. The zero-order chi connectivity index (χ0) is 15.3. The first-order chi connectivity index (χ1) is 9.27. The highest BCUT2D eigenvalue weighted by molar-refractivity contribution is 6.27. The standard InChI is InChI=1S/C13H13ClF3NO2/c1-9-4-2-3-5-11(9)18(7-6-10(19)8-14)12(20)13(15,16)17/h2-5H,6-8H2,1H3. The molecular weight excluding hydrogens is 295 g/mol. The van der Waals surface area contributed by atoms with E-state index in [4.69, 9.17) is 11.6 Å². The molecule has 0 saturated carbocycles. The van der Waals surface area contributed by atoms with Gasteiger partial charge in [0.25, 0.3) is 0 Å². The van der Waals surface area contributed by atoms with Gasteiger partial charge in [-0.1, -0.05) is 18.2 Å². The highest BCUT2D eigenvalue weighted by Crippen LogP contribution is 2.26. The van der Waals surface area contributed by atoms with Crippen molar-refractivity contribution in [2.75, 3.05) is 17.3 Å². The summed E-state index contributed by atoms with van der Waals surface area (Å²) < 4.78 is 37.9. The third kappa shape index (κ3) is 4.23. The summed E-state index contributed by atoms with van der Waals surface area (Å²) in [6.45, 7) is 1.24. The first kappa shape index (κ1) is 16.5. The molecule has 0 spiro atoms. The van der Waals surface area contributed by atoms with E-state index in [1.54, 1.807) is 19.1 Å². The van der Waals surface area contributed by atoms with E-state index in [0.717, 1.165) is 0 Å². The van der Waals surface area contributed by atoms with Crippen molar-refractivity contribution < 1.29 is 22.8 Å². The second kappa shape index (κ2) is 6.74. The Morgan fingerprint density at radius 1 is 1.25 bits per heavy atom. The second-order valence-corrected chi connectivity index (χ2v) is 4.43. The highest BCUT2D eigenvalue weighted by Gasteiger charge is 2.43. The van der Waals surface area contributed by atoms with Gasteiger partial charge in [0.2, 0.25) is 0 Å². The number of aryl methyl sites for hydroxylation is 1. The van der Waals surface area contributed by atoms with E-state index in [2.05, 4.69) is 0 Å². The molecule has 1 rings (SSSR count). The summed E-state index contributed by atoms with van der Waals surface area (Å²) in [5.41, 5.74) is 0.653. The highest BCUT2D eigenvalue weighted by atomic mass is 35.5. The smallest absolute Gasteiger partial charge is 0.304 e. The summed E-state index contributed by atoms with van der Waals surface area (Å²) in [5, 5.41) is 0. The number of carbonyl (C=O) groups excluding carboxylic acids is 2. The number of halogens is 4. The second-order valence-electron chi connectivity index (χ2n) is 4.16. The Kier molecular flexibility index (Phi) is 5.56. The Balaban J connectivity index is 3.05. The van der Waals surface area contributed by atoms with Crippen LogP contribution in [0.1, 0.15) is 12.0 Å². The summed E-state index contributed by atoms with van der Waals surface area (Å²) in [6.07, 6.45) is -5.22. The maximum Gasteiger partial charge on any atom is 0.471 e. The van der Waals surface area contributed by atoms with Crippen LogP contribution >= 0.6 is 11.6 Å². The van der Waals surface area contributed by atoms with Gasteiger partial charge in [-0.15, -0.1) is 11.6 Å². The molecule has 0 unspecified atom stereocenters. The topological polar surface area (TPSA) is 37.4 Å². The number of para-hydroxylation sites is 1. The Labute approximate surface area is 119 Å². The van der Waals surface area contributed by atoms with Crippen molar-refractivity contribution >= 4 is 29.0 Å². The molecule has 3 nitrogen and oxygen atoms in total. The molecule has 0 atom stereocenters. The van der Waals surface area contributed by atoms with Crippen LogP contribution in [0, 0.1) is 6.92 Å². The quantitative estimate of drug-likeness (QED) is 0.784. The van der Waals surface area contributed by atoms with Gasteiger partial charge in [0, 0.05) is 18.7 Å². The van der Waals surface area contributed by atoms with Crippen molar-refractivity contribution in [2.45, 2.75) is 19.5 Å². The van der Waals surface area contributed by atoms with Crippen molar-refractivity contribution in [3.8, 4) is 0 Å². The van der Waals surface area contributed by atoms with Crippen LogP contribution in [0.5, 0.6) is 0 Å². The predicted molar refractivity (Wildman–Crippen MR) is 69.9 cm³/mol. The maximum atomic E-state index is 12.6. The minimum Gasteiger partial charge on any atom is -0.304 e. The predicted octanol–water partition coefficient (Wildman–Crippen LogP) is 3.09. The Morgan fingerprint density at radius 3 is 2.35 bits per heavy atom. The third-order valence-corrected chi connectivity index (χ3v) is 2.96. The van der Waals surface area contributed by atoms with Gasteiger partial charge in [0.1, 0.15) is 5.78 Å². The van der Waals surface area contributed by atoms with E-state index in [1.165, 1.54) is 12.1 Å². The number of alkyl halides is 4. The number of nitrogens with zero attached hydrogens (tertiary/aromatic N) is 1. The normalized spacial score (nSPS) is 11.2. The number of hydrogen-bond donors (Lipinski definition) is 0. The van der Waals surface area contributed by atoms with Crippen LogP contribution < -0.4 is 4.90 Å². The molecule has 0 N–H and O–H groups in total. The van der Waals surface area contributed by atoms with Crippen LogP contribution in [-0.4, -0.2) is 30.3 Å². The number of Topliss-reactive ketones (excluding diaryl/α,β-unsaturated/α-hetero) is 1. The van der Waals surface area contributed by atoms with Gasteiger partial charge in [-0.2, -0.15) is 13.2 Å². The number of ketones is 1. The Hall–Kier alpha value is -1.56. The molecule has 1 aromatic rings. The molecule has 0 aromatic heterocycles. The molecule has 20 heavy (non-hydrogen) atoms. The van der Waals surface area contributed by atoms with Crippen LogP contribution in [0.15, 0.2) is 24.3 Å². The molecule has 0 saturated heterocycles.